The van der Waals surface area contributed by atoms with Gasteiger partial charge in [-0.15, -0.1) is 12.4 Å². The minimum Gasteiger partial charge on any atom is -0.274 e. The lowest BCUT2D eigenvalue weighted by molar-refractivity contribution is 0.603. The highest BCUT2D eigenvalue weighted by Crippen LogP contribution is 2.03. The van der Waals surface area contributed by atoms with Crippen molar-refractivity contribution in [1.82, 2.24) is 9.78 Å². The quantitative estimate of drug-likeness (QED) is 0.690. The smallest absolute Gasteiger partial charge is 0.274 e. The Morgan fingerprint density at radius 3 is 2.58 bits per heavy atom. The summed E-state index contributed by atoms with van der Waals surface area (Å²) < 4.78 is 24.4. The number of nitrogens with two attached hydrogens (primary N) is 1. The predicted molar refractivity (Wildman–Crippen MR) is 47.2 cm³/mol. The van der Waals surface area contributed by atoms with Gasteiger partial charge in [-0.1, -0.05) is 0 Å². The van der Waals surface area contributed by atoms with Crippen LogP contribution in [0.2, 0.25) is 0 Å². The first kappa shape index (κ1) is 11.2. The van der Waals surface area contributed by atoms with E-state index in [1.807, 2.05) is 0 Å². The molecule has 6 nitrogen and oxygen atoms in total. The number of halogens is 1. The van der Waals surface area contributed by atoms with Crippen LogP contribution in [0.4, 0.5) is 5.69 Å². The van der Waals surface area contributed by atoms with Crippen LogP contribution in [0.3, 0.4) is 0 Å². The highest BCUT2D eigenvalue weighted by molar-refractivity contribution is 7.90. The van der Waals surface area contributed by atoms with E-state index >= 15 is 0 Å². The number of hydrogen-bond donors (Lipinski definition) is 2. The second kappa shape index (κ2) is 3.74. The highest BCUT2D eigenvalue weighted by atomic mass is 35.5. The molecule has 1 rings (SSSR count). The predicted octanol–water partition coefficient (Wildman–Crippen LogP) is -0.543. The molecule has 0 atom stereocenters. The molecular weight excluding hydrogens is 204 g/mol. The van der Waals surface area contributed by atoms with Crippen molar-refractivity contribution in [3.63, 3.8) is 0 Å². The zero-order chi connectivity index (χ0) is 8.48. The monoisotopic (exact) mass is 212 g/mol. The second-order valence-corrected chi connectivity index (χ2v) is 3.34. The van der Waals surface area contributed by atoms with Gasteiger partial charge >= 0.3 is 0 Å². The molecule has 0 unspecified atom stereocenters. The number of nitrogens with one attached hydrogen (secondary N) is 1. The summed E-state index contributed by atoms with van der Waals surface area (Å²) in [7, 11) is -1.99. The van der Waals surface area contributed by atoms with Gasteiger partial charge in [0.1, 0.15) is 0 Å². The fourth-order valence-electron chi connectivity index (χ4n) is 0.638. The maximum absolute atomic E-state index is 10.4. The summed E-state index contributed by atoms with van der Waals surface area (Å²) in [5, 5.41) is 8.44. The maximum Gasteiger partial charge on any atom is 0.296 e. The maximum atomic E-state index is 10.4. The standard InChI is InChI=1S/C4H8N4O2S.ClH/c1-8-3-4(2-6-8)7-11(5,9)10;/h2-3,7H,1H3,(H2,5,9,10);1H. The molecule has 8 heteroatoms. The SMILES string of the molecule is Cl.Cn1cc(NS(N)(=O)=O)cn1. The third kappa shape index (κ3) is 3.56. The molecule has 0 aliphatic carbocycles. The van der Waals surface area contributed by atoms with Crippen molar-refractivity contribution >= 4 is 28.3 Å². The average molecular weight is 213 g/mol. The lowest BCUT2D eigenvalue weighted by Crippen LogP contribution is -2.21. The molecule has 0 amide bonds. The lowest BCUT2D eigenvalue weighted by atomic mass is 10.6. The molecule has 1 aromatic rings. The van der Waals surface area contributed by atoms with Crippen LogP contribution in [-0.2, 0) is 17.3 Å². The number of hydrogen-bond acceptors (Lipinski definition) is 3. The Morgan fingerprint density at radius 2 is 2.25 bits per heavy atom. The Balaban J connectivity index is 0.00000121. The molecule has 0 spiro atoms. The molecule has 0 bridgehead atoms. The third-order valence-corrected chi connectivity index (χ3v) is 1.49. The number of nitrogens with zero attached hydrogens (tertiary/aromatic N) is 2. The zero-order valence-electron chi connectivity index (χ0n) is 6.26. The molecule has 3 N–H and O–H groups in total. The van der Waals surface area contributed by atoms with Crippen LogP contribution in [0, 0.1) is 0 Å². The van der Waals surface area contributed by atoms with E-state index in [9.17, 15) is 8.42 Å². The van der Waals surface area contributed by atoms with Crippen molar-refractivity contribution in [2.75, 3.05) is 4.72 Å². The van der Waals surface area contributed by atoms with Crippen LogP contribution in [0.25, 0.3) is 0 Å². The Bertz CT molecular complexity index is 346. The fourth-order valence-corrected chi connectivity index (χ4v) is 1.07. The zero-order valence-corrected chi connectivity index (χ0v) is 7.89. The number of anilines is 1. The van der Waals surface area contributed by atoms with Gasteiger partial charge in [0.15, 0.2) is 0 Å². The summed E-state index contributed by atoms with van der Waals surface area (Å²) in [5.41, 5.74) is 0.356. The van der Waals surface area contributed by atoms with Crippen molar-refractivity contribution in [2.24, 2.45) is 12.2 Å². The molecule has 0 saturated heterocycles. The van der Waals surface area contributed by atoms with E-state index in [1.165, 1.54) is 17.1 Å². The molecular formula is C4H9ClN4O2S. The van der Waals surface area contributed by atoms with Gasteiger partial charge in [0, 0.05) is 13.2 Å². The normalized spacial score (nSPS) is 10.5. The van der Waals surface area contributed by atoms with E-state index in [1.54, 1.807) is 7.05 Å². The van der Waals surface area contributed by atoms with E-state index in [0.717, 1.165) is 0 Å². The van der Waals surface area contributed by atoms with E-state index in [4.69, 9.17) is 5.14 Å². The van der Waals surface area contributed by atoms with Crippen molar-refractivity contribution < 1.29 is 8.42 Å². The Morgan fingerprint density at radius 1 is 1.67 bits per heavy atom. The van der Waals surface area contributed by atoms with Crippen LogP contribution in [-0.4, -0.2) is 18.2 Å². The van der Waals surface area contributed by atoms with Gasteiger partial charge in [-0.25, -0.2) is 5.14 Å². The first-order valence-corrected chi connectivity index (χ1v) is 4.31. The Labute approximate surface area is 76.3 Å². The van der Waals surface area contributed by atoms with Crippen LogP contribution in [0.1, 0.15) is 0 Å². The van der Waals surface area contributed by atoms with Gasteiger partial charge in [-0.05, 0) is 0 Å². The first-order valence-electron chi connectivity index (χ1n) is 2.76. The van der Waals surface area contributed by atoms with Gasteiger partial charge in [-0.3, -0.25) is 9.40 Å². The molecule has 1 aromatic heterocycles. The van der Waals surface area contributed by atoms with Gasteiger partial charge in [0.25, 0.3) is 10.2 Å². The van der Waals surface area contributed by atoms with Gasteiger partial charge in [0.2, 0.25) is 0 Å². The van der Waals surface area contributed by atoms with Crippen LogP contribution in [0.5, 0.6) is 0 Å². The number of aryl methyl sites for hydroxylation is 1. The molecule has 12 heavy (non-hydrogen) atoms. The fraction of sp³-hybridized carbons (Fsp3) is 0.250. The second-order valence-electron chi connectivity index (χ2n) is 2.05. The summed E-state index contributed by atoms with van der Waals surface area (Å²) in [4.78, 5) is 0. The molecule has 1 heterocycles. The van der Waals surface area contributed by atoms with E-state index < -0.39 is 10.2 Å². The average Bonchev–Trinajstić information content (AvgIpc) is 2.10. The summed E-state index contributed by atoms with van der Waals surface area (Å²) in [5.74, 6) is 0. The largest absolute Gasteiger partial charge is 0.296 e. The van der Waals surface area contributed by atoms with Crippen LogP contribution >= 0.6 is 12.4 Å². The molecule has 0 fully saturated rings. The summed E-state index contributed by atoms with van der Waals surface area (Å²) >= 11 is 0. The molecule has 0 saturated carbocycles. The molecule has 0 aromatic carbocycles. The van der Waals surface area contributed by atoms with Crippen molar-refractivity contribution in [3.8, 4) is 0 Å². The van der Waals surface area contributed by atoms with E-state index in [0.29, 0.717) is 5.69 Å². The van der Waals surface area contributed by atoms with E-state index in [2.05, 4.69) is 9.82 Å². The molecule has 0 aliphatic heterocycles. The van der Waals surface area contributed by atoms with Gasteiger partial charge in [-0.2, -0.15) is 13.5 Å². The topological polar surface area (TPSA) is 90.0 Å². The number of rotatable bonds is 2. The number of aromatic nitrogens is 2. The van der Waals surface area contributed by atoms with Crippen molar-refractivity contribution in [2.45, 2.75) is 0 Å². The third-order valence-electron chi connectivity index (χ3n) is 0.965. The van der Waals surface area contributed by atoms with E-state index in [-0.39, 0.29) is 12.4 Å². The van der Waals surface area contributed by atoms with Gasteiger partial charge < -0.3 is 0 Å². The summed E-state index contributed by atoms with van der Waals surface area (Å²) in [6.45, 7) is 0. The summed E-state index contributed by atoms with van der Waals surface area (Å²) in [6, 6.07) is 0. The van der Waals surface area contributed by atoms with Crippen LogP contribution < -0.4 is 9.86 Å². The minimum atomic E-state index is -3.67. The first-order chi connectivity index (χ1) is 4.97. The van der Waals surface area contributed by atoms with Crippen LogP contribution in [0.15, 0.2) is 12.4 Å². The highest BCUT2D eigenvalue weighted by Gasteiger charge is 2.02. The molecule has 70 valence electrons. The lowest BCUT2D eigenvalue weighted by Gasteiger charge is -1.96. The van der Waals surface area contributed by atoms with Crippen molar-refractivity contribution in [1.29, 1.82) is 0 Å². The Kier molecular flexibility index (Phi) is 3.50. The summed E-state index contributed by atoms with van der Waals surface area (Å²) in [6.07, 6.45) is 2.87. The molecule has 0 radical (unpaired) electrons. The minimum absolute atomic E-state index is 0. The van der Waals surface area contributed by atoms with Crippen molar-refractivity contribution in [3.05, 3.63) is 12.4 Å². The Hall–Kier alpha value is -0.790. The van der Waals surface area contributed by atoms with Gasteiger partial charge in [0.05, 0.1) is 11.9 Å². The molecule has 0 aliphatic rings.